The lowest BCUT2D eigenvalue weighted by atomic mass is 9.94. The number of hydrogen-bond donors (Lipinski definition) is 2. The van der Waals surface area contributed by atoms with Gasteiger partial charge in [-0.15, -0.1) is 24.0 Å². The number of ether oxygens (including phenoxy) is 1. The standard InChI is InChI=1S/C24H41N5O.HI/c1-3-25-24(26-13-14-29-15-17-30-18-16-29)27-19-21-9-7-8-10-22(21)20-28(2)23-11-5-4-6-12-23;/h7-10,23H,3-6,11-20H2,1-2H3,(H2,25,26,27);1H. The summed E-state index contributed by atoms with van der Waals surface area (Å²) in [7, 11) is 2.29. The summed E-state index contributed by atoms with van der Waals surface area (Å²) in [4.78, 5) is 9.87. The average molecular weight is 544 g/mol. The minimum Gasteiger partial charge on any atom is -0.379 e. The van der Waals surface area contributed by atoms with E-state index in [4.69, 9.17) is 9.73 Å². The summed E-state index contributed by atoms with van der Waals surface area (Å²) in [6, 6.07) is 9.51. The van der Waals surface area contributed by atoms with Crippen LogP contribution in [0.15, 0.2) is 29.3 Å². The molecule has 3 rings (SSSR count). The summed E-state index contributed by atoms with van der Waals surface area (Å²) >= 11 is 0. The van der Waals surface area contributed by atoms with Gasteiger partial charge in [0.25, 0.3) is 0 Å². The smallest absolute Gasteiger partial charge is 0.191 e. The first-order valence-corrected chi connectivity index (χ1v) is 11.9. The lowest BCUT2D eigenvalue weighted by Crippen LogP contribution is -2.44. The molecule has 1 heterocycles. The summed E-state index contributed by atoms with van der Waals surface area (Å²) in [5.41, 5.74) is 2.73. The molecule has 1 aliphatic heterocycles. The van der Waals surface area contributed by atoms with E-state index >= 15 is 0 Å². The molecule has 31 heavy (non-hydrogen) atoms. The molecule has 1 aliphatic carbocycles. The van der Waals surface area contributed by atoms with Gasteiger partial charge in [0, 0.05) is 45.3 Å². The van der Waals surface area contributed by atoms with Gasteiger partial charge in [-0.25, -0.2) is 4.99 Å². The first-order valence-electron chi connectivity index (χ1n) is 11.9. The zero-order valence-electron chi connectivity index (χ0n) is 19.4. The third kappa shape index (κ3) is 9.24. The highest BCUT2D eigenvalue weighted by Gasteiger charge is 2.18. The van der Waals surface area contributed by atoms with Gasteiger partial charge in [0.15, 0.2) is 5.96 Å². The molecule has 0 bridgehead atoms. The van der Waals surface area contributed by atoms with Crippen molar-refractivity contribution in [3.63, 3.8) is 0 Å². The van der Waals surface area contributed by atoms with Crippen LogP contribution in [0.3, 0.4) is 0 Å². The molecule has 0 unspecified atom stereocenters. The fourth-order valence-corrected chi connectivity index (χ4v) is 4.45. The number of nitrogens with one attached hydrogen (secondary N) is 2. The van der Waals surface area contributed by atoms with Crippen molar-refractivity contribution in [1.82, 2.24) is 20.4 Å². The molecular weight excluding hydrogens is 501 g/mol. The Balaban J connectivity index is 0.00000341. The van der Waals surface area contributed by atoms with Crippen LogP contribution < -0.4 is 10.6 Å². The van der Waals surface area contributed by atoms with Gasteiger partial charge in [-0.2, -0.15) is 0 Å². The van der Waals surface area contributed by atoms with Crippen LogP contribution in [-0.4, -0.2) is 74.8 Å². The van der Waals surface area contributed by atoms with Crippen LogP contribution in [-0.2, 0) is 17.8 Å². The van der Waals surface area contributed by atoms with E-state index in [2.05, 4.69) is 58.7 Å². The van der Waals surface area contributed by atoms with E-state index in [-0.39, 0.29) is 24.0 Å². The molecule has 6 nitrogen and oxygen atoms in total. The molecule has 0 aromatic heterocycles. The van der Waals surface area contributed by atoms with E-state index < -0.39 is 0 Å². The lowest BCUT2D eigenvalue weighted by molar-refractivity contribution is 0.0389. The van der Waals surface area contributed by atoms with Crippen molar-refractivity contribution in [2.24, 2.45) is 4.99 Å². The Morgan fingerprint density at radius 2 is 1.81 bits per heavy atom. The molecular formula is C24H42IN5O. The Kier molecular flexibility index (Phi) is 12.8. The van der Waals surface area contributed by atoms with Gasteiger partial charge in [-0.3, -0.25) is 9.80 Å². The normalized spacial score (nSPS) is 18.6. The van der Waals surface area contributed by atoms with Crippen LogP contribution in [0.1, 0.15) is 50.2 Å². The highest BCUT2D eigenvalue weighted by molar-refractivity contribution is 14.0. The fraction of sp³-hybridized carbons (Fsp3) is 0.708. The summed E-state index contributed by atoms with van der Waals surface area (Å²) in [5, 5.41) is 6.88. The van der Waals surface area contributed by atoms with Gasteiger partial charge in [0.05, 0.1) is 19.8 Å². The molecule has 2 fully saturated rings. The molecule has 7 heteroatoms. The van der Waals surface area contributed by atoms with E-state index in [1.165, 1.54) is 43.2 Å². The molecule has 1 saturated heterocycles. The highest BCUT2D eigenvalue weighted by Crippen LogP contribution is 2.23. The summed E-state index contributed by atoms with van der Waals surface area (Å²) in [6.45, 7) is 10.4. The minimum atomic E-state index is 0. The van der Waals surface area contributed by atoms with Gasteiger partial charge in [-0.05, 0) is 37.9 Å². The molecule has 2 aliphatic rings. The van der Waals surface area contributed by atoms with Crippen LogP contribution in [0.2, 0.25) is 0 Å². The molecule has 0 spiro atoms. The first-order chi connectivity index (χ1) is 14.8. The number of halogens is 1. The van der Waals surface area contributed by atoms with Crippen molar-refractivity contribution in [3.05, 3.63) is 35.4 Å². The van der Waals surface area contributed by atoms with Crippen molar-refractivity contribution < 1.29 is 4.74 Å². The molecule has 1 aromatic rings. The Morgan fingerprint density at radius 1 is 1.10 bits per heavy atom. The van der Waals surface area contributed by atoms with Crippen LogP contribution in [0, 0.1) is 0 Å². The van der Waals surface area contributed by atoms with Crippen LogP contribution in [0.25, 0.3) is 0 Å². The van der Waals surface area contributed by atoms with E-state index in [0.29, 0.717) is 6.54 Å². The van der Waals surface area contributed by atoms with E-state index in [1.54, 1.807) is 0 Å². The number of rotatable bonds is 9. The Morgan fingerprint density at radius 3 is 2.52 bits per heavy atom. The topological polar surface area (TPSA) is 52.1 Å². The van der Waals surface area contributed by atoms with Crippen molar-refractivity contribution in [2.45, 2.75) is 58.2 Å². The van der Waals surface area contributed by atoms with Gasteiger partial charge >= 0.3 is 0 Å². The van der Waals surface area contributed by atoms with Gasteiger partial charge < -0.3 is 15.4 Å². The monoisotopic (exact) mass is 543 g/mol. The third-order valence-electron chi connectivity index (χ3n) is 6.31. The van der Waals surface area contributed by atoms with Crippen molar-refractivity contribution >= 4 is 29.9 Å². The highest BCUT2D eigenvalue weighted by atomic mass is 127. The zero-order chi connectivity index (χ0) is 21.0. The van der Waals surface area contributed by atoms with Gasteiger partial charge in [0.2, 0.25) is 0 Å². The minimum absolute atomic E-state index is 0. The quantitative estimate of drug-likeness (QED) is 0.284. The second-order valence-corrected chi connectivity index (χ2v) is 8.55. The van der Waals surface area contributed by atoms with Crippen LogP contribution in [0.5, 0.6) is 0 Å². The predicted octanol–water partition coefficient (Wildman–Crippen LogP) is 3.46. The molecule has 0 radical (unpaired) electrons. The Labute approximate surface area is 206 Å². The van der Waals surface area contributed by atoms with Gasteiger partial charge in [0.1, 0.15) is 0 Å². The van der Waals surface area contributed by atoms with Crippen molar-refractivity contribution in [1.29, 1.82) is 0 Å². The molecule has 1 saturated carbocycles. The molecule has 176 valence electrons. The van der Waals surface area contributed by atoms with E-state index in [1.807, 2.05) is 0 Å². The molecule has 0 amide bonds. The van der Waals surface area contributed by atoms with Crippen molar-refractivity contribution in [2.75, 3.05) is 53.0 Å². The van der Waals surface area contributed by atoms with Crippen LogP contribution in [0.4, 0.5) is 0 Å². The number of hydrogen-bond acceptors (Lipinski definition) is 4. The SMILES string of the molecule is CCNC(=NCc1ccccc1CN(C)C1CCCCC1)NCCN1CCOCC1.I. The van der Waals surface area contributed by atoms with Crippen molar-refractivity contribution in [3.8, 4) is 0 Å². The largest absolute Gasteiger partial charge is 0.379 e. The Bertz CT molecular complexity index is 645. The third-order valence-corrected chi connectivity index (χ3v) is 6.31. The average Bonchev–Trinajstić information content (AvgIpc) is 2.79. The fourth-order valence-electron chi connectivity index (χ4n) is 4.45. The number of nitrogens with zero attached hydrogens (tertiary/aromatic N) is 3. The second kappa shape index (κ2) is 15.0. The maximum Gasteiger partial charge on any atom is 0.191 e. The predicted molar refractivity (Wildman–Crippen MR) is 140 cm³/mol. The molecule has 0 atom stereocenters. The zero-order valence-corrected chi connectivity index (χ0v) is 21.8. The maximum atomic E-state index is 5.43. The number of aliphatic imine (C=N–C) groups is 1. The van der Waals surface area contributed by atoms with Crippen LogP contribution >= 0.6 is 24.0 Å². The number of guanidine groups is 1. The summed E-state index contributed by atoms with van der Waals surface area (Å²) in [6.07, 6.45) is 6.84. The molecule has 2 N–H and O–H groups in total. The lowest BCUT2D eigenvalue weighted by Gasteiger charge is -2.31. The second-order valence-electron chi connectivity index (χ2n) is 8.55. The number of benzene rings is 1. The van der Waals surface area contributed by atoms with E-state index in [9.17, 15) is 0 Å². The Hall–Kier alpha value is -0.900. The number of morpholine rings is 1. The molecule has 1 aromatic carbocycles. The van der Waals surface area contributed by atoms with Gasteiger partial charge in [-0.1, -0.05) is 43.5 Å². The maximum absolute atomic E-state index is 5.43. The van der Waals surface area contributed by atoms with E-state index in [0.717, 1.165) is 64.5 Å². The summed E-state index contributed by atoms with van der Waals surface area (Å²) in [5.74, 6) is 0.904. The summed E-state index contributed by atoms with van der Waals surface area (Å²) < 4.78 is 5.43. The first kappa shape index (κ1) is 26.4.